The summed E-state index contributed by atoms with van der Waals surface area (Å²) in [5, 5.41) is 18.1. The molecule has 2 aromatic rings. The van der Waals surface area contributed by atoms with E-state index < -0.39 is 5.97 Å². The molecule has 126 valence electrons. The summed E-state index contributed by atoms with van der Waals surface area (Å²) in [6, 6.07) is 11.6. The molecule has 0 atom stereocenters. The van der Waals surface area contributed by atoms with E-state index in [0.29, 0.717) is 13.0 Å². The molecule has 0 bridgehead atoms. The van der Waals surface area contributed by atoms with Crippen LogP contribution in [-0.2, 0) is 6.54 Å². The molecule has 2 N–H and O–H groups in total. The summed E-state index contributed by atoms with van der Waals surface area (Å²) in [7, 11) is 0. The summed E-state index contributed by atoms with van der Waals surface area (Å²) >= 11 is 0. The summed E-state index contributed by atoms with van der Waals surface area (Å²) < 4.78 is 13.0. The molecule has 0 aliphatic carbocycles. The van der Waals surface area contributed by atoms with Crippen LogP contribution >= 0.6 is 0 Å². The summed E-state index contributed by atoms with van der Waals surface area (Å²) in [5.74, 6) is -1.80. The number of halogens is 1. The van der Waals surface area contributed by atoms with Crippen molar-refractivity contribution in [2.75, 3.05) is 13.2 Å². The SMILES string of the molecule is O=C(O)c1cccc(C(=O)N(CCCO)Cc2ccc(F)cc2)c1. The lowest BCUT2D eigenvalue weighted by atomic mass is 10.1. The molecule has 0 saturated carbocycles. The van der Waals surface area contributed by atoms with E-state index in [1.807, 2.05) is 0 Å². The van der Waals surface area contributed by atoms with Crippen LogP contribution in [0.5, 0.6) is 0 Å². The van der Waals surface area contributed by atoms with E-state index in [0.717, 1.165) is 5.56 Å². The monoisotopic (exact) mass is 331 g/mol. The van der Waals surface area contributed by atoms with Crippen molar-refractivity contribution in [3.05, 3.63) is 71.0 Å². The molecular formula is C18H18FNO4. The van der Waals surface area contributed by atoms with Gasteiger partial charge in [0.2, 0.25) is 0 Å². The average Bonchev–Trinajstić information content (AvgIpc) is 2.59. The van der Waals surface area contributed by atoms with Crippen molar-refractivity contribution in [2.24, 2.45) is 0 Å². The first-order valence-electron chi connectivity index (χ1n) is 7.49. The lowest BCUT2D eigenvalue weighted by molar-refractivity contribution is 0.0697. The largest absolute Gasteiger partial charge is 0.478 e. The van der Waals surface area contributed by atoms with Gasteiger partial charge >= 0.3 is 5.97 Å². The van der Waals surface area contributed by atoms with Gasteiger partial charge in [0.05, 0.1) is 5.56 Å². The Morgan fingerprint density at radius 1 is 1.04 bits per heavy atom. The highest BCUT2D eigenvalue weighted by atomic mass is 19.1. The molecule has 24 heavy (non-hydrogen) atoms. The molecule has 0 spiro atoms. The van der Waals surface area contributed by atoms with Gasteiger partial charge in [0.15, 0.2) is 0 Å². The van der Waals surface area contributed by atoms with Crippen LogP contribution in [0.1, 0.15) is 32.7 Å². The highest BCUT2D eigenvalue weighted by Crippen LogP contribution is 2.13. The van der Waals surface area contributed by atoms with Gasteiger partial charge in [-0.2, -0.15) is 0 Å². The highest BCUT2D eigenvalue weighted by Gasteiger charge is 2.17. The standard InChI is InChI=1S/C18H18FNO4/c19-16-7-5-13(6-8-16)12-20(9-2-10-21)17(22)14-3-1-4-15(11-14)18(23)24/h1,3-8,11,21H,2,9-10,12H2,(H,23,24). The fraction of sp³-hybridized carbons (Fsp3) is 0.222. The number of carboxylic acids is 1. The summed E-state index contributed by atoms with van der Waals surface area (Å²) in [6.07, 6.45) is 0.394. The van der Waals surface area contributed by atoms with E-state index >= 15 is 0 Å². The van der Waals surface area contributed by atoms with Crippen LogP contribution in [-0.4, -0.2) is 40.1 Å². The minimum absolute atomic E-state index is 0.0322. The van der Waals surface area contributed by atoms with Crippen molar-refractivity contribution in [2.45, 2.75) is 13.0 Å². The second-order valence-electron chi connectivity index (χ2n) is 5.32. The van der Waals surface area contributed by atoms with E-state index in [1.165, 1.54) is 35.2 Å². The maximum absolute atomic E-state index is 13.0. The summed E-state index contributed by atoms with van der Waals surface area (Å²) in [6.45, 7) is 0.489. The lowest BCUT2D eigenvalue weighted by Gasteiger charge is -2.23. The number of nitrogens with zero attached hydrogens (tertiary/aromatic N) is 1. The minimum Gasteiger partial charge on any atom is -0.478 e. The Labute approximate surface area is 139 Å². The molecule has 0 saturated heterocycles. The minimum atomic E-state index is -1.11. The first-order chi connectivity index (χ1) is 11.5. The second kappa shape index (κ2) is 8.21. The fourth-order valence-corrected chi connectivity index (χ4v) is 2.29. The number of hydrogen-bond donors (Lipinski definition) is 2. The number of rotatable bonds is 7. The summed E-state index contributed by atoms with van der Waals surface area (Å²) in [5.41, 5.74) is 1.04. The number of aliphatic hydroxyl groups is 1. The van der Waals surface area contributed by atoms with Gasteiger partial charge in [0.25, 0.3) is 5.91 Å². The molecule has 6 heteroatoms. The van der Waals surface area contributed by atoms with Gasteiger partial charge in [0, 0.05) is 25.3 Å². The summed E-state index contributed by atoms with van der Waals surface area (Å²) in [4.78, 5) is 25.2. The van der Waals surface area contributed by atoms with Crippen LogP contribution in [0.4, 0.5) is 4.39 Å². The molecule has 5 nitrogen and oxygen atoms in total. The quantitative estimate of drug-likeness (QED) is 0.817. The highest BCUT2D eigenvalue weighted by molar-refractivity contribution is 5.97. The van der Waals surface area contributed by atoms with Crippen LogP contribution < -0.4 is 0 Å². The first-order valence-corrected chi connectivity index (χ1v) is 7.49. The Morgan fingerprint density at radius 3 is 2.33 bits per heavy atom. The normalized spacial score (nSPS) is 10.4. The Bertz CT molecular complexity index is 715. The Balaban J connectivity index is 2.22. The number of carbonyl (C=O) groups is 2. The molecule has 0 radical (unpaired) electrons. The van der Waals surface area contributed by atoms with Crippen LogP contribution in [0, 0.1) is 5.82 Å². The van der Waals surface area contributed by atoms with Gasteiger partial charge in [-0.05, 0) is 42.3 Å². The average molecular weight is 331 g/mol. The molecule has 2 aromatic carbocycles. The number of carboxylic acid groups (broad SMARTS) is 1. The van der Waals surface area contributed by atoms with Crippen LogP contribution in [0.15, 0.2) is 48.5 Å². The van der Waals surface area contributed by atoms with E-state index in [1.54, 1.807) is 18.2 Å². The number of amides is 1. The number of benzene rings is 2. The van der Waals surface area contributed by atoms with Gasteiger partial charge in [-0.3, -0.25) is 4.79 Å². The van der Waals surface area contributed by atoms with E-state index in [9.17, 15) is 14.0 Å². The number of aliphatic hydroxyl groups excluding tert-OH is 1. The van der Waals surface area contributed by atoms with Crippen molar-refractivity contribution < 1.29 is 24.2 Å². The van der Waals surface area contributed by atoms with Crippen molar-refractivity contribution >= 4 is 11.9 Å². The van der Waals surface area contributed by atoms with Crippen LogP contribution in [0.25, 0.3) is 0 Å². The second-order valence-corrected chi connectivity index (χ2v) is 5.32. The predicted octanol–water partition coefficient (Wildman–Crippen LogP) is 2.55. The van der Waals surface area contributed by atoms with Gasteiger partial charge in [-0.15, -0.1) is 0 Å². The van der Waals surface area contributed by atoms with E-state index in [-0.39, 0.29) is 36.0 Å². The van der Waals surface area contributed by atoms with Gasteiger partial charge in [0.1, 0.15) is 5.82 Å². The van der Waals surface area contributed by atoms with Gasteiger partial charge < -0.3 is 15.1 Å². The Hall–Kier alpha value is -2.73. The van der Waals surface area contributed by atoms with Crippen LogP contribution in [0.3, 0.4) is 0 Å². The van der Waals surface area contributed by atoms with Crippen molar-refractivity contribution in [1.82, 2.24) is 4.90 Å². The molecule has 0 aliphatic heterocycles. The third-order valence-electron chi connectivity index (χ3n) is 3.52. The molecule has 0 aromatic heterocycles. The smallest absolute Gasteiger partial charge is 0.335 e. The first kappa shape index (κ1) is 17.6. The maximum Gasteiger partial charge on any atom is 0.335 e. The van der Waals surface area contributed by atoms with Crippen LogP contribution in [0.2, 0.25) is 0 Å². The third kappa shape index (κ3) is 4.63. The number of carbonyl (C=O) groups excluding carboxylic acids is 1. The van der Waals surface area contributed by atoms with Crippen molar-refractivity contribution in [3.8, 4) is 0 Å². The van der Waals surface area contributed by atoms with E-state index in [2.05, 4.69) is 0 Å². The molecular weight excluding hydrogens is 313 g/mol. The number of aromatic carboxylic acids is 1. The molecule has 0 unspecified atom stereocenters. The predicted molar refractivity (Wildman–Crippen MR) is 86.2 cm³/mol. The van der Waals surface area contributed by atoms with Gasteiger partial charge in [-0.25, -0.2) is 9.18 Å². The molecule has 1 amide bonds. The zero-order chi connectivity index (χ0) is 17.5. The number of hydrogen-bond acceptors (Lipinski definition) is 3. The van der Waals surface area contributed by atoms with Gasteiger partial charge in [-0.1, -0.05) is 18.2 Å². The zero-order valence-corrected chi connectivity index (χ0v) is 13.0. The van der Waals surface area contributed by atoms with Crippen molar-refractivity contribution in [1.29, 1.82) is 0 Å². The molecule has 0 heterocycles. The van der Waals surface area contributed by atoms with Crippen molar-refractivity contribution in [3.63, 3.8) is 0 Å². The fourth-order valence-electron chi connectivity index (χ4n) is 2.29. The molecule has 2 rings (SSSR count). The Morgan fingerprint density at radius 2 is 1.71 bits per heavy atom. The lowest BCUT2D eigenvalue weighted by Crippen LogP contribution is -2.32. The Kier molecular flexibility index (Phi) is 6.03. The zero-order valence-electron chi connectivity index (χ0n) is 13.0. The maximum atomic E-state index is 13.0. The van der Waals surface area contributed by atoms with E-state index in [4.69, 9.17) is 10.2 Å². The topological polar surface area (TPSA) is 77.8 Å². The molecule has 0 fully saturated rings. The molecule has 0 aliphatic rings. The third-order valence-corrected chi connectivity index (χ3v) is 3.52.